The molecule has 0 unspecified atom stereocenters. The number of nitrogens with one attached hydrogen (secondary N) is 1. The number of pyridine rings is 2. The van der Waals surface area contributed by atoms with E-state index in [1.165, 1.54) is 28.8 Å². The fourth-order valence-electron chi connectivity index (χ4n) is 1.87. The fraction of sp³-hybridized carbons (Fsp3) is 0.200. The van der Waals surface area contributed by atoms with Crippen molar-refractivity contribution in [3.05, 3.63) is 58.3 Å². The van der Waals surface area contributed by atoms with E-state index in [1.54, 1.807) is 6.20 Å². The molecule has 0 fully saturated rings. The van der Waals surface area contributed by atoms with Gasteiger partial charge in [-0.15, -0.1) is 0 Å². The summed E-state index contributed by atoms with van der Waals surface area (Å²) in [7, 11) is 0. The minimum absolute atomic E-state index is 0.00745. The maximum absolute atomic E-state index is 12.0. The molecule has 0 radical (unpaired) electrons. The second-order valence-electron chi connectivity index (χ2n) is 4.64. The predicted octanol–water partition coefficient (Wildman–Crippen LogP) is 1.60. The molecule has 0 bridgehead atoms. The minimum atomic E-state index is -1.11. The summed E-state index contributed by atoms with van der Waals surface area (Å²) < 4.78 is 1.51. The van der Waals surface area contributed by atoms with Gasteiger partial charge in [-0.25, -0.2) is 4.79 Å². The second kappa shape index (κ2) is 6.66. The molecular weight excluding hydrogens is 286 g/mol. The van der Waals surface area contributed by atoms with Gasteiger partial charge in [0.2, 0.25) is 0 Å². The number of hydrogen-bond acceptors (Lipinski definition) is 4. The number of hydrogen-bond donors (Lipinski definition) is 2. The van der Waals surface area contributed by atoms with E-state index in [4.69, 9.17) is 5.11 Å². The zero-order valence-corrected chi connectivity index (χ0v) is 11.9. The third kappa shape index (κ3) is 3.57. The van der Waals surface area contributed by atoms with E-state index in [0.717, 1.165) is 12.6 Å². The van der Waals surface area contributed by atoms with Gasteiger partial charge in [-0.05, 0) is 24.6 Å². The van der Waals surface area contributed by atoms with Gasteiger partial charge in [-0.2, -0.15) is 0 Å². The molecule has 0 aliphatic heterocycles. The Morgan fingerprint density at radius 3 is 2.64 bits per heavy atom. The van der Waals surface area contributed by atoms with Gasteiger partial charge in [-0.3, -0.25) is 14.6 Å². The molecule has 0 aliphatic rings. The Labute approximate surface area is 126 Å². The molecule has 0 atom stereocenters. The summed E-state index contributed by atoms with van der Waals surface area (Å²) in [6, 6.07) is 5.54. The summed E-state index contributed by atoms with van der Waals surface area (Å²) in [4.78, 5) is 38.2. The van der Waals surface area contributed by atoms with Crippen LogP contribution in [-0.4, -0.2) is 26.5 Å². The first-order valence-corrected chi connectivity index (χ1v) is 6.72. The number of aromatic carboxylic acids is 1. The van der Waals surface area contributed by atoms with Crippen LogP contribution in [-0.2, 0) is 6.54 Å². The highest BCUT2D eigenvalue weighted by Crippen LogP contribution is 2.07. The topological polar surface area (TPSA) is 101 Å². The molecule has 2 aromatic heterocycles. The van der Waals surface area contributed by atoms with Crippen LogP contribution in [0.2, 0.25) is 0 Å². The van der Waals surface area contributed by atoms with Crippen molar-refractivity contribution >= 4 is 17.6 Å². The van der Waals surface area contributed by atoms with Crippen molar-refractivity contribution in [3.63, 3.8) is 0 Å². The summed E-state index contributed by atoms with van der Waals surface area (Å²) in [5, 5.41) is 11.4. The number of aromatic nitrogens is 2. The van der Waals surface area contributed by atoms with Crippen molar-refractivity contribution in [2.75, 3.05) is 5.32 Å². The van der Waals surface area contributed by atoms with Gasteiger partial charge in [0.1, 0.15) is 5.69 Å². The van der Waals surface area contributed by atoms with E-state index in [2.05, 4.69) is 10.3 Å². The molecular formula is C15H15N3O4. The molecule has 1 amide bonds. The van der Waals surface area contributed by atoms with Crippen LogP contribution in [0, 0.1) is 0 Å². The van der Waals surface area contributed by atoms with E-state index < -0.39 is 11.9 Å². The maximum Gasteiger partial charge on any atom is 0.337 e. The Morgan fingerprint density at radius 1 is 1.27 bits per heavy atom. The first kappa shape index (κ1) is 15.4. The van der Waals surface area contributed by atoms with E-state index in [0.29, 0.717) is 12.2 Å². The SMILES string of the molecule is CCCn1cc(NC(=O)c2ccc(C(=O)O)cn2)ccc1=O. The number of carboxylic acids is 1. The quantitative estimate of drug-likeness (QED) is 0.873. The highest BCUT2D eigenvalue weighted by molar-refractivity contribution is 6.03. The van der Waals surface area contributed by atoms with Crippen LogP contribution >= 0.6 is 0 Å². The standard InChI is InChI=1S/C15H15N3O4/c1-2-7-18-9-11(4-6-13(18)19)17-14(20)12-5-3-10(8-16-12)15(21)22/h3-6,8-9H,2,7H2,1H3,(H,17,20)(H,21,22). The fourth-order valence-corrected chi connectivity index (χ4v) is 1.87. The lowest BCUT2D eigenvalue weighted by atomic mass is 10.2. The van der Waals surface area contributed by atoms with E-state index in [9.17, 15) is 14.4 Å². The van der Waals surface area contributed by atoms with Crippen LogP contribution in [0.3, 0.4) is 0 Å². The van der Waals surface area contributed by atoms with Crippen LogP contribution in [0.5, 0.6) is 0 Å². The molecule has 0 saturated carbocycles. The van der Waals surface area contributed by atoms with Crippen LogP contribution in [0.25, 0.3) is 0 Å². The van der Waals surface area contributed by atoms with Gasteiger partial charge < -0.3 is 15.0 Å². The number of aryl methyl sites for hydroxylation is 1. The number of rotatable bonds is 5. The molecule has 0 aromatic carbocycles. The molecule has 2 rings (SSSR count). The van der Waals surface area contributed by atoms with E-state index in [1.807, 2.05) is 6.92 Å². The number of carbonyl (C=O) groups is 2. The first-order chi connectivity index (χ1) is 10.5. The van der Waals surface area contributed by atoms with Gasteiger partial charge in [-0.1, -0.05) is 6.92 Å². The number of nitrogens with zero attached hydrogens (tertiary/aromatic N) is 2. The van der Waals surface area contributed by atoms with Crippen molar-refractivity contribution in [2.45, 2.75) is 19.9 Å². The number of carbonyl (C=O) groups excluding carboxylic acids is 1. The lowest BCUT2D eigenvalue weighted by Gasteiger charge is -2.08. The Morgan fingerprint density at radius 2 is 2.05 bits per heavy atom. The predicted molar refractivity (Wildman–Crippen MR) is 80.1 cm³/mol. The average Bonchev–Trinajstić information content (AvgIpc) is 2.51. The monoisotopic (exact) mass is 301 g/mol. The van der Waals surface area contributed by atoms with Gasteiger partial charge >= 0.3 is 5.97 Å². The Bertz CT molecular complexity index is 750. The van der Waals surface area contributed by atoms with Crippen molar-refractivity contribution in [1.82, 2.24) is 9.55 Å². The smallest absolute Gasteiger partial charge is 0.337 e. The van der Waals surface area contributed by atoms with Gasteiger partial charge in [0.15, 0.2) is 0 Å². The minimum Gasteiger partial charge on any atom is -0.478 e. The van der Waals surface area contributed by atoms with Gasteiger partial charge in [0, 0.05) is 25.0 Å². The van der Waals surface area contributed by atoms with Crippen molar-refractivity contribution < 1.29 is 14.7 Å². The largest absolute Gasteiger partial charge is 0.478 e. The molecule has 0 aliphatic carbocycles. The highest BCUT2D eigenvalue weighted by Gasteiger charge is 2.10. The number of carboxylic acid groups (broad SMARTS) is 1. The Hall–Kier alpha value is -2.96. The summed E-state index contributed by atoms with van der Waals surface area (Å²) in [5.41, 5.74) is 0.442. The normalized spacial score (nSPS) is 10.2. The Kier molecular flexibility index (Phi) is 4.67. The molecule has 2 N–H and O–H groups in total. The van der Waals surface area contributed by atoms with E-state index >= 15 is 0 Å². The lowest BCUT2D eigenvalue weighted by molar-refractivity contribution is 0.0696. The van der Waals surface area contributed by atoms with Crippen molar-refractivity contribution in [3.8, 4) is 0 Å². The third-order valence-corrected chi connectivity index (χ3v) is 2.95. The zero-order valence-electron chi connectivity index (χ0n) is 11.9. The molecule has 114 valence electrons. The first-order valence-electron chi connectivity index (χ1n) is 6.72. The summed E-state index contributed by atoms with van der Waals surface area (Å²) in [6.45, 7) is 2.51. The zero-order chi connectivity index (χ0) is 16.1. The molecule has 7 nitrogen and oxygen atoms in total. The number of amides is 1. The average molecular weight is 301 g/mol. The lowest BCUT2D eigenvalue weighted by Crippen LogP contribution is -2.21. The summed E-state index contributed by atoms with van der Waals surface area (Å²) >= 11 is 0. The molecule has 2 aromatic rings. The van der Waals surface area contributed by atoms with Crippen LogP contribution in [0.1, 0.15) is 34.2 Å². The third-order valence-electron chi connectivity index (χ3n) is 2.95. The second-order valence-corrected chi connectivity index (χ2v) is 4.64. The van der Waals surface area contributed by atoms with Gasteiger partial charge in [0.25, 0.3) is 11.5 Å². The molecule has 0 spiro atoms. The van der Waals surface area contributed by atoms with Crippen molar-refractivity contribution in [2.24, 2.45) is 0 Å². The van der Waals surface area contributed by atoms with Crippen LogP contribution in [0.4, 0.5) is 5.69 Å². The molecule has 7 heteroatoms. The molecule has 2 heterocycles. The van der Waals surface area contributed by atoms with Crippen molar-refractivity contribution in [1.29, 1.82) is 0 Å². The molecule has 0 saturated heterocycles. The number of anilines is 1. The van der Waals surface area contributed by atoms with Crippen LogP contribution in [0.15, 0.2) is 41.5 Å². The maximum atomic E-state index is 12.0. The van der Waals surface area contributed by atoms with Gasteiger partial charge in [0.05, 0.1) is 11.3 Å². The Balaban J connectivity index is 2.16. The van der Waals surface area contributed by atoms with Crippen LogP contribution < -0.4 is 10.9 Å². The summed E-state index contributed by atoms with van der Waals surface area (Å²) in [6.07, 6.45) is 3.49. The molecule has 22 heavy (non-hydrogen) atoms. The van der Waals surface area contributed by atoms with E-state index in [-0.39, 0.29) is 16.8 Å². The summed E-state index contributed by atoms with van der Waals surface area (Å²) in [5.74, 6) is -1.58. The highest BCUT2D eigenvalue weighted by atomic mass is 16.4.